The fraction of sp³-hybridized carbons (Fsp3) is 0.259. The normalized spacial score (nSPS) is 11.4. The molecular weight excluding hydrogens is 532 g/mol. The van der Waals surface area contributed by atoms with Crippen LogP contribution in [-0.2, 0) is 20.2 Å². The average Bonchev–Trinajstić information content (AvgIpc) is 2.82. The molecule has 0 bridgehead atoms. The minimum absolute atomic E-state index is 0.0565. The van der Waals surface area contributed by atoms with Crippen LogP contribution in [0, 0.1) is 0 Å². The first-order valence-electron chi connectivity index (χ1n) is 11.4. The van der Waals surface area contributed by atoms with Gasteiger partial charge in [0, 0.05) is 5.56 Å². The van der Waals surface area contributed by atoms with Crippen LogP contribution >= 0.6 is 0 Å². The molecule has 0 heterocycles. The number of ether oxygens (including phenoxy) is 3. The Bertz CT molecular complexity index is 1520. The summed E-state index contributed by atoms with van der Waals surface area (Å²) in [6.45, 7) is 4.39. The molecule has 0 atom stereocenters. The van der Waals surface area contributed by atoms with Crippen LogP contribution in [0.15, 0.2) is 66.2 Å². The van der Waals surface area contributed by atoms with Crippen LogP contribution in [0.3, 0.4) is 0 Å². The van der Waals surface area contributed by atoms with E-state index < -0.39 is 20.2 Å². The molecule has 0 fully saturated rings. The van der Waals surface area contributed by atoms with Gasteiger partial charge in [0.25, 0.3) is 0 Å². The predicted octanol–water partition coefficient (Wildman–Crippen LogP) is 5.06. The third-order valence-corrected chi connectivity index (χ3v) is 6.12. The molecule has 0 aliphatic carbocycles. The van der Waals surface area contributed by atoms with Gasteiger partial charge in [0.1, 0.15) is 23.9 Å². The van der Waals surface area contributed by atoms with E-state index in [2.05, 4.69) is 0 Å². The maximum absolute atomic E-state index is 12.3. The van der Waals surface area contributed by atoms with Gasteiger partial charge in [-0.1, -0.05) is 29.8 Å². The summed E-state index contributed by atoms with van der Waals surface area (Å²) < 4.78 is 74.9. The predicted molar refractivity (Wildman–Crippen MR) is 146 cm³/mol. The van der Waals surface area contributed by atoms with Gasteiger partial charge in [-0.2, -0.15) is 16.8 Å². The lowest BCUT2D eigenvalue weighted by Gasteiger charge is -2.20. The fourth-order valence-corrected chi connectivity index (χ4v) is 4.51. The van der Waals surface area contributed by atoms with Crippen LogP contribution < -0.4 is 22.6 Å². The average molecular weight is 563 g/mol. The van der Waals surface area contributed by atoms with Gasteiger partial charge in [0.05, 0.1) is 32.3 Å². The zero-order valence-electron chi connectivity index (χ0n) is 22.0. The van der Waals surface area contributed by atoms with E-state index >= 15 is 0 Å². The smallest absolute Gasteiger partial charge is 0.306 e. The molecule has 3 rings (SSSR count). The van der Waals surface area contributed by atoms with Crippen LogP contribution in [0.4, 0.5) is 0 Å². The minimum atomic E-state index is -3.97. The Morgan fingerprint density at radius 1 is 0.737 bits per heavy atom. The quantitative estimate of drug-likeness (QED) is 0.234. The third-order valence-electron chi connectivity index (χ3n) is 5.16. The first-order chi connectivity index (χ1) is 17.8. The van der Waals surface area contributed by atoms with Gasteiger partial charge in [0.2, 0.25) is 0 Å². The molecule has 3 aromatic rings. The van der Waals surface area contributed by atoms with Gasteiger partial charge in [-0.05, 0) is 61.4 Å². The van der Waals surface area contributed by atoms with Gasteiger partial charge in [0.15, 0.2) is 11.5 Å². The summed E-state index contributed by atoms with van der Waals surface area (Å²) in [7, 11) is -4.82. The van der Waals surface area contributed by atoms with Gasteiger partial charge >= 0.3 is 20.2 Å². The highest BCUT2D eigenvalue weighted by Crippen LogP contribution is 2.50. The van der Waals surface area contributed by atoms with Gasteiger partial charge < -0.3 is 22.6 Å². The van der Waals surface area contributed by atoms with E-state index in [1.54, 1.807) is 42.5 Å². The van der Waals surface area contributed by atoms with E-state index in [0.29, 0.717) is 40.4 Å². The lowest BCUT2D eigenvalue weighted by Crippen LogP contribution is -2.09. The zero-order valence-corrected chi connectivity index (χ0v) is 23.6. The maximum atomic E-state index is 12.3. The minimum Gasteiger partial charge on any atom is -0.496 e. The Morgan fingerprint density at radius 2 is 1.29 bits per heavy atom. The molecule has 0 saturated carbocycles. The Hall–Kier alpha value is -3.70. The molecule has 0 N–H and O–H groups in total. The van der Waals surface area contributed by atoms with Gasteiger partial charge in [-0.25, -0.2) is 0 Å². The van der Waals surface area contributed by atoms with Crippen LogP contribution in [-0.4, -0.2) is 50.2 Å². The van der Waals surface area contributed by atoms with Crippen LogP contribution in [0.2, 0.25) is 0 Å². The molecule has 9 nitrogen and oxygen atoms in total. The fourth-order valence-electron chi connectivity index (χ4n) is 3.59. The zero-order chi connectivity index (χ0) is 28.1. The van der Waals surface area contributed by atoms with E-state index in [1.807, 2.05) is 19.9 Å². The van der Waals surface area contributed by atoms with Crippen molar-refractivity contribution in [1.82, 2.24) is 0 Å². The van der Waals surface area contributed by atoms with Crippen molar-refractivity contribution in [1.29, 1.82) is 0 Å². The van der Waals surface area contributed by atoms with E-state index in [0.717, 1.165) is 18.1 Å². The molecule has 0 aromatic heterocycles. The molecule has 0 aliphatic heterocycles. The van der Waals surface area contributed by atoms with Gasteiger partial charge in [-0.3, -0.25) is 0 Å². The standard InChI is InChI=1S/C27H30O9S2/c1-18(2)15-16-34-21-11-9-20(10-12-21)25-24(32-3)17-23(26(33-4)27(25)36-38(6,30)31)19-7-13-22(14-8-19)35-37(5,28)29/h7-15,17H,16H2,1-6H3. The monoisotopic (exact) mass is 562 g/mol. The maximum Gasteiger partial charge on any atom is 0.306 e. The van der Waals surface area contributed by atoms with Crippen molar-refractivity contribution in [3.8, 4) is 51.0 Å². The summed E-state index contributed by atoms with van der Waals surface area (Å²) in [5, 5.41) is 0. The van der Waals surface area contributed by atoms with Crippen LogP contribution in [0.5, 0.6) is 28.7 Å². The van der Waals surface area contributed by atoms with Crippen LogP contribution in [0.1, 0.15) is 13.8 Å². The van der Waals surface area contributed by atoms with Crippen molar-refractivity contribution in [3.63, 3.8) is 0 Å². The van der Waals surface area contributed by atoms with Crippen molar-refractivity contribution in [2.24, 2.45) is 0 Å². The van der Waals surface area contributed by atoms with Crippen molar-refractivity contribution in [3.05, 3.63) is 66.2 Å². The first-order valence-corrected chi connectivity index (χ1v) is 15.0. The number of hydrogen-bond donors (Lipinski definition) is 0. The summed E-state index contributed by atoms with van der Waals surface area (Å²) >= 11 is 0. The molecule has 11 heteroatoms. The second-order valence-electron chi connectivity index (χ2n) is 8.58. The van der Waals surface area contributed by atoms with Crippen molar-refractivity contribution < 1.29 is 39.4 Å². The number of allylic oxidation sites excluding steroid dienone is 1. The van der Waals surface area contributed by atoms with E-state index in [-0.39, 0.29) is 17.2 Å². The van der Waals surface area contributed by atoms with Crippen molar-refractivity contribution >= 4 is 20.2 Å². The summed E-state index contributed by atoms with van der Waals surface area (Å²) in [4.78, 5) is 0. The van der Waals surface area contributed by atoms with E-state index in [1.165, 1.54) is 26.4 Å². The second-order valence-corrected chi connectivity index (χ2v) is 11.7. The first kappa shape index (κ1) is 28.9. The highest BCUT2D eigenvalue weighted by molar-refractivity contribution is 7.86. The molecule has 0 unspecified atom stereocenters. The van der Waals surface area contributed by atoms with Crippen molar-refractivity contribution in [2.45, 2.75) is 13.8 Å². The molecule has 0 aliphatic rings. The number of hydrogen-bond acceptors (Lipinski definition) is 9. The topological polar surface area (TPSA) is 114 Å². The van der Waals surface area contributed by atoms with E-state index in [4.69, 9.17) is 22.6 Å². The number of benzene rings is 3. The number of rotatable bonds is 11. The highest BCUT2D eigenvalue weighted by atomic mass is 32.2. The molecule has 204 valence electrons. The third kappa shape index (κ3) is 7.65. The Kier molecular flexibility index (Phi) is 8.95. The second kappa shape index (κ2) is 11.8. The summed E-state index contributed by atoms with van der Waals surface area (Å²) in [6.07, 6.45) is 3.84. The Balaban J connectivity index is 2.16. The van der Waals surface area contributed by atoms with E-state index in [9.17, 15) is 16.8 Å². The Labute approximate surface area is 223 Å². The summed E-state index contributed by atoms with van der Waals surface area (Å²) in [5.74, 6) is 1.18. The summed E-state index contributed by atoms with van der Waals surface area (Å²) in [5.41, 5.74) is 3.15. The molecule has 0 radical (unpaired) electrons. The molecular formula is C27H30O9S2. The summed E-state index contributed by atoms with van der Waals surface area (Å²) in [6, 6.07) is 14.9. The van der Waals surface area contributed by atoms with Crippen LogP contribution in [0.25, 0.3) is 22.3 Å². The molecule has 38 heavy (non-hydrogen) atoms. The molecule has 0 amide bonds. The molecule has 0 saturated heterocycles. The van der Waals surface area contributed by atoms with Crippen molar-refractivity contribution in [2.75, 3.05) is 33.3 Å². The lowest BCUT2D eigenvalue weighted by atomic mass is 9.96. The SMILES string of the molecule is COc1cc(-c2ccc(OS(C)(=O)=O)cc2)c(OC)c(OS(C)(=O)=O)c1-c1ccc(OCC=C(C)C)cc1. The molecule has 0 spiro atoms. The number of methoxy groups -OCH3 is 2. The Morgan fingerprint density at radius 3 is 1.79 bits per heavy atom. The highest BCUT2D eigenvalue weighted by Gasteiger charge is 2.26. The largest absolute Gasteiger partial charge is 0.496 e. The lowest BCUT2D eigenvalue weighted by molar-refractivity contribution is 0.362. The molecule has 3 aromatic carbocycles. The van der Waals surface area contributed by atoms with Gasteiger partial charge in [-0.15, -0.1) is 0 Å².